The average molecular weight is 123 g/mol. The lowest BCUT2D eigenvalue weighted by atomic mass is 10.8. The van der Waals surface area contributed by atoms with Crippen LogP contribution in [0.2, 0.25) is 0 Å². The van der Waals surface area contributed by atoms with Gasteiger partial charge < -0.3 is 0 Å². The zero-order valence-electron chi connectivity index (χ0n) is 3.15. The van der Waals surface area contributed by atoms with Gasteiger partial charge in [-0.3, -0.25) is 5.32 Å². The van der Waals surface area contributed by atoms with Crippen molar-refractivity contribution in [1.82, 2.24) is 5.32 Å². The van der Waals surface area contributed by atoms with Crippen LogP contribution in [0, 0.1) is 6.54 Å². The van der Waals surface area contributed by atoms with Crippen molar-refractivity contribution in [2.24, 2.45) is 0 Å². The average Bonchev–Trinajstić information content (AvgIpc) is 1.86. The Labute approximate surface area is 46.4 Å². The third-order valence-corrected chi connectivity index (χ3v) is 1.87. The first-order valence-corrected chi connectivity index (χ1v) is 3.21. The van der Waals surface area contributed by atoms with Crippen LogP contribution in [0.4, 0.5) is 0 Å². The van der Waals surface area contributed by atoms with Crippen LogP contribution >= 0.6 is 23.4 Å². The van der Waals surface area contributed by atoms with E-state index in [4.69, 9.17) is 11.6 Å². The van der Waals surface area contributed by atoms with Gasteiger partial charge in [-0.1, -0.05) is 11.6 Å². The molecule has 1 aliphatic rings. The number of hydrogen-bond acceptors (Lipinski definition) is 2. The van der Waals surface area contributed by atoms with Crippen molar-refractivity contribution >= 4 is 23.4 Å². The highest BCUT2D eigenvalue weighted by molar-refractivity contribution is 8.01. The summed E-state index contributed by atoms with van der Waals surface area (Å²) in [5.41, 5.74) is 0. The number of nitrogens with one attached hydrogen (secondary N) is 1. The van der Waals surface area contributed by atoms with E-state index in [0.717, 1.165) is 5.75 Å². The van der Waals surface area contributed by atoms with Gasteiger partial charge >= 0.3 is 0 Å². The van der Waals surface area contributed by atoms with E-state index in [1.165, 1.54) is 0 Å². The minimum atomic E-state index is 0.130. The van der Waals surface area contributed by atoms with Crippen molar-refractivity contribution in [2.75, 3.05) is 5.75 Å². The zero-order valence-corrected chi connectivity index (χ0v) is 4.72. The molecule has 0 saturated carbocycles. The summed E-state index contributed by atoms with van der Waals surface area (Å²) in [6.07, 6.45) is 0. The smallest absolute Gasteiger partial charge is 0.130 e. The summed E-state index contributed by atoms with van der Waals surface area (Å²) < 4.78 is 0. The Morgan fingerprint density at radius 1 is 2.00 bits per heavy atom. The highest BCUT2D eigenvalue weighted by Gasteiger charge is 2.08. The van der Waals surface area contributed by atoms with E-state index < -0.39 is 0 Å². The van der Waals surface area contributed by atoms with E-state index in [-0.39, 0.29) is 4.83 Å². The van der Waals surface area contributed by atoms with Crippen LogP contribution in [0.1, 0.15) is 0 Å². The van der Waals surface area contributed by atoms with Crippen LogP contribution in [-0.2, 0) is 0 Å². The van der Waals surface area contributed by atoms with Gasteiger partial charge in [-0.2, -0.15) is 0 Å². The second-order valence-electron chi connectivity index (χ2n) is 1.02. The van der Waals surface area contributed by atoms with Crippen LogP contribution in [0.3, 0.4) is 0 Å². The molecule has 0 aromatic carbocycles. The van der Waals surface area contributed by atoms with Crippen molar-refractivity contribution in [3.05, 3.63) is 6.54 Å². The predicted molar refractivity (Wildman–Crippen MR) is 29.5 cm³/mol. The van der Waals surface area contributed by atoms with Gasteiger partial charge in [0.2, 0.25) is 0 Å². The maximum atomic E-state index is 5.53. The number of rotatable bonds is 0. The van der Waals surface area contributed by atoms with Crippen LogP contribution < -0.4 is 5.32 Å². The Kier molecular flexibility index (Phi) is 1.62. The van der Waals surface area contributed by atoms with Crippen molar-refractivity contribution in [1.29, 1.82) is 0 Å². The Balaban J connectivity index is 2.18. The maximum Gasteiger partial charge on any atom is 0.130 e. The molecule has 1 radical (unpaired) electrons. The lowest BCUT2D eigenvalue weighted by Crippen LogP contribution is -2.07. The number of halogens is 1. The van der Waals surface area contributed by atoms with Crippen LogP contribution in [0.15, 0.2) is 0 Å². The minimum absolute atomic E-state index is 0.130. The molecule has 1 fully saturated rings. The van der Waals surface area contributed by atoms with E-state index in [1.807, 2.05) is 6.54 Å². The molecule has 1 unspecified atom stereocenters. The molecule has 0 spiro atoms. The molecule has 1 saturated heterocycles. The van der Waals surface area contributed by atoms with Crippen LogP contribution in [0.25, 0.3) is 0 Å². The Bertz CT molecular complexity index is 44.1. The molecule has 0 aliphatic carbocycles. The molecule has 0 bridgehead atoms. The summed E-state index contributed by atoms with van der Waals surface area (Å²) in [6, 6.07) is 0. The van der Waals surface area contributed by atoms with Gasteiger partial charge in [-0.15, -0.1) is 11.8 Å². The maximum absolute atomic E-state index is 5.53. The Hall–Kier alpha value is 0.600. The fourth-order valence-corrected chi connectivity index (χ4v) is 1.18. The summed E-state index contributed by atoms with van der Waals surface area (Å²) >= 11 is 7.23. The second kappa shape index (κ2) is 2.05. The number of hydrogen-bond donors (Lipinski definition) is 1. The molecule has 1 N–H and O–H groups in total. The van der Waals surface area contributed by atoms with Crippen molar-refractivity contribution in [3.63, 3.8) is 0 Å². The summed E-state index contributed by atoms with van der Waals surface area (Å²) in [5.74, 6) is 1.04. The molecular weight excluding hydrogens is 118 g/mol. The normalized spacial score (nSPS) is 34.5. The molecule has 1 rings (SSSR count). The topological polar surface area (TPSA) is 12.0 Å². The van der Waals surface area contributed by atoms with Crippen molar-refractivity contribution in [3.8, 4) is 0 Å². The molecule has 0 aromatic heterocycles. The van der Waals surface area contributed by atoms with Crippen LogP contribution in [-0.4, -0.2) is 10.6 Å². The third-order valence-electron chi connectivity index (χ3n) is 0.575. The summed E-state index contributed by atoms with van der Waals surface area (Å²) in [7, 11) is 0. The molecule has 35 valence electrons. The number of thioether (sulfide) groups is 1. The molecule has 6 heavy (non-hydrogen) atoms. The van der Waals surface area contributed by atoms with Gasteiger partial charge in [0, 0.05) is 12.3 Å². The SMILES string of the molecule is ClC1N[CH]CS1. The molecule has 0 amide bonds. The van der Waals surface area contributed by atoms with E-state index in [1.54, 1.807) is 11.8 Å². The Morgan fingerprint density at radius 3 is 3.00 bits per heavy atom. The summed E-state index contributed by atoms with van der Waals surface area (Å²) in [5, 5.41) is 2.92. The predicted octanol–water partition coefficient (Wildman–Crippen LogP) is 1.01. The lowest BCUT2D eigenvalue weighted by molar-refractivity contribution is 0.948. The van der Waals surface area contributed by atoms with E-state index in [9.17, 15) is 0 Å². The lowest BCUT2D eigenvalue weighted by Gasteiger charge is -1.90. The van der Waals surface area contributed by atoms with Gasteiger partial charge in [0.15, 0.2) is 0 Å². The monoisotopic (exact) mass is 122 g/mol. The van der Waals surface area contributed by atoms with Crippen molar-refractivity contribution < 1.29 is 0 Å². The van der Waals surface area contributed by atoms with Gasteiger partial charge in [0.05, 0.1) is 0 Å². The second-order valence-corrected chi connectivity index (χ2v) is 2.85. The zero-order chi connectivity index (χ0) is 4.41. The van der Waals surface area contributed by atoms with Gasteiger partial charge in [0.1, 0.15) is 4.83 Å². The first-order valence-electron chi connectivity index (χ1n) is 1.73. The molecular formula is C3H5ClNS. The molecule has 3 heteroatoms. The van der Waals surface area contributed by atoms with E-state index >= 15 is 0 Å². The molecule has 1 aliphatic heterocycles. The van der Waals surface area contributed by atoms with Crippen molar-refractivity contribution in [2.45, 2.75) is 4.83 Å². The quantitative estimate of drug-likeness (QED) is 0.380. The third kappa shape index (κ3) is 1.03. The summed E-state index contributed by atoms with van der Waals surface area (Å²) in [6.45, 7) is 1.96. The van der Waals surface area contributed by atoms with Gasteiger partial charge in [-0.05, 0) is 0 Å². The summed E-state index contributed by atoms with van der Waals surface area (Å²) in [4.78, 5) is 0.130. The van der Waals surface area contributed by atoms with E-state index in [2.05, 4.69) is 5.32 Å². The molecule has 1 atom stereocenters. The first-order chi connectivity index (χ1) is 2.89. The van der Waals surface area contributed by atoms with Crippen LogP contribution in [0.5, 0.6) is 0 Å². The largest absolute Gasteiger partial charge is 0.288 e. The highest BCUT2D eigenvalue weighted by Crippen LogP contribution is 2.18. The van der Waals surface area contributed by atoms with Gasteiger partial charge in [-0.25, -0.2) is 0 Å². The Morgan fingerprint density at radius 2 is 2.83 bits per heavy atom. The standard InChI is InChI=1S/C3H5ClNS/c4-3-5-1-2-6-3/h1,3,5H,2H2. The fourth-order valence-electron chi connectivity index (χ4n) is 0.321. The highest BCUT2D eigenvalue weighted by atomic mass is 35.5. The first kappa shape index (κ1) is 4.75. The molecule has 0 aromatic rings. The van der Waals surface area contributed by atoms with E-state index in [0.29, 0.717) is 0 Å². The van der Waals surface area contributed by atoms with Gasteiger partial charge in [0.25, 0.3) is 0 Å². The molecule has 1 heterocycles. The fraction of sp³-hybridized carbons (Fsp3) is 0.667. The minimum Gasteiger partial charge on any atom is -0.288 e. The number of alkyl halides is 1. The molecule has 1 nitrogen and oxygen atoms in total.